The zero-order valence-electron chi connectivity index (χ0n) is 25.2. The third kappa shape index (κ3) is 5.22. The molecule has 0 saturated carbocycles. The Hall–Kier alpha value is -3.42. The molecule has 0 aliphatic carbocycles. The number of nitriles is 1. The monoisotopic (exact) mass is 519 g/mol. The summed E-state index contributed by atoms with van der Waals surface area (Å²) in [6, 6.07) is 10.3. The Balaban J connectivity index is 1.73. The Morgan fingerprint density at radius 2 is 2.11 bits per heavy atom. The summed E-state index contributed by atoms with van der Waals surface area (Å²) in [6.07, 6.45) is -1.12. The molecule has 10 heteroatoms. The summed E-state index contributed by atoms with van der Waals surface area (Å²) in [6.45, 7) is -4.29. The van der Waals surface area contributed by atoms with Crippen LogP contribution in [0, 0.1) is 11.3 Å². The number of nitrogens with zero attached hydrogens (tertiary/aromatic N) is 5. The van der Waals surface area contributed by atoms with Crippen LogP contribution in [0.15, 0.2) is 48.7 Å². The van der Waals surface area contributed by atoms with Crippen molar-refractivity contribution in [3.8, 4) is 17.2 Å². The maximum atomic E-state index is 14.0. The predicted octanol–water partition coefficient (Wildman–Crippen LogP) is 5.11. The van der Waals surface area contributed by atoms with E-state index in [0.717, 1.165) is 17.7 Å². The summed E-state index contributed by atoms with van der Waals surface area (Å²) < 4.78 is 88.0. The number of carbonyl (C=O) groups excluding carboxylic acids is 1. The molecule has 6 nitrogen and oxygen atoms in total. The number of aromatic nitrogens is 2. The SMILES string of the molecule is [2H]C([2H])([2H])N(C/C=C/C(=O)N1Cc2sc(C#N)cc2[C@H](c2ccccc2-c2cn(CC)nc2C(F)(F)F)C1)C([2H])([2H])[2H]. The standard InChI is InChI=1S/C26H26F3N5OS/c1-4-34-15-22(25(31-34)26(27,28)29)19-9-6-5-8-18(19)21-14-33(24(35)10-7-11-32(2)3)16-23-20(21)12-17(13-30)36-23/h5-10,12,15,21H,4,11,14,16H2,1-3H3/b10-7+/t21-/m0/s1/i2D3,3D3. The molecule has 0 spiro atoms. The van der Waals surface area contributed by atoms with E-state index in [-0.39, 0.29) is 25.2 Å². The van der Waals surface area contributed by atoms with E-state index in [4.69, 9.17) is 8.22 Å². The van der Waals surface area contributed by atoms with E-state index in [0.29, 0.717) is 25.8 Å². The van der Waals surface area contributed by atoms with Crippen LogP contribution in [0.1, 0.15) is 47.6 Å². The lowest BCUT2D eigenvalue weighted by Gasteiger charge is -2.33. The van der Waals surface area contributed by atoms with Crippen molar-refractivity contribution < 1.29 is 26.2 Å². The molecule has 0 unspecified atom stereocenters. The third-order valence-electron chi connectivity index (χ3n) is 5.91. The van der Waals surface area contributed by atoms with Gasteiger partial charge in [0.05, 0.1) is 6.54 Å². The van der Waals surface area contributed by atoms with Crippen LogP contribution in [0.3, 0.4) is 0 Å². The number of amides is 1. The highest BCUT2D eigenvalue weighted by Crippen LogP contribution is 2.44. The van der Waals surface area contributed by atoms with Crippen LogP contribution in [0.2, 0.25) is 0 Å². The van der Waals surface area contributed by atoms with E-state index in [1.807, 2.05) is 0 Å². The number of aryl methyl sites for hydroxylation is 1. The van der Waals surface area contributed by atoms with Gasteiger partial charge in [-0.15, -0.1) is 11.3 Å². The van der Waals surface area contributed by atoms with Crippen LogP contribution < -0.4 is 0 Å². The van der Waals surface area contributed by atoms with Crippen molar-refractivity contribution in [2.75, 3.05) is 27.0 Å². The maximum absolute atomic E-state index is 14.0. The highest BCUT2D eigenvalue weighted by atomic mass is 32.1. The fraction of sp³-hybridized carbons (Fsp3) is 0.346. The Morgan fingerprint density at radius 1 is 1.33 bits per heavy atom. The lowest BCUT2D eigenvalue weighted by atomic mass is 9.83. The molecule has 0 N–H and O–H groups in total. The molecule has 3 heterocycles. The van der Waals surface area contributed by atoms with E-state index >= 15 is 0 Å². The van der Waals surface area contributed by atoms with Gasteiger partial charge >= 0.3 is 6.18 Å². The molecule has 0 bridgehead atoms. The zero-order valence-corrected chi connectivity index (χ0v) is 20.0. The van der Waals surface area contributed by atoms with Crippen molar-refractivity contribution in [2.24, 2.45) is 0 Å². The average Bonchev–Trinajstić information content (AvgIpc) is 3.53. The van der Waals surface area contributed by atoms with Gasteiger partial charge in [0.25, 0.3) is 0 Å². The Bertz CT molecular complexity index is 1520. The topological polar surface area (TPSA) is 65.2 Å². The van der Waals surface area contributed by atoms with Crippen LogP contribution in [-0.2, 0) is 24.1 Å². The van der Waals surface area contributed by atoms with E-state index in [1.54, 1.807) is 37.3 Å². The van der Waals surface area contributed by atoms with Gasteiger partial charge in [0.2, 0.25) is 5.91 Å². The maximum Gasteiger partial charge on any atom is 0.435 e. The van der Waals surface area contributed by atoms with Crippen molar-refractivity contribution in [1.82, 2.24) is 19.6 Å². The summed E-state index contributed by atoms with van der Waals surface area (Å²) >= 11 is 1.17. The molecule has 1 atom stereocenters. The molecule has 1 aromatic carbocycles. The van der Waals surface area contributed by atoms with E-state index < -0.39 is 44.2 Å². The van der Waals surface area contributed by atoms with E-state index in [9.17, 15) is 23.2 Å². The molecule has 1 aliphatic heterocycles. The lowest BCUT2D eigenvalue weighted by molar-refractivity contribution is -0.141. The number of thiophene rings is 1. The summed E-state index contributed by atoms with van der Waals surface area (Å²) in [7, 11) is 0. The number of likely N-dealkylation sites (N-methyl/N-ethyl adjacent to an activating group) is 1. The molecule has 1 amide bonds. The fourth-order valence-electron chi connectivity index (χ4n) is 4.31. The second-order valence-corrected chi connectivity index (χ2v) is 9.35. The second kappa shape index (κ2) is 10.3. The molecule has 1 aliphatic rings. The van der Waals surface area contributed by atoms with Crippen LogP contribution in [0.5, 0.6) is 0 Å². The van der Waals surface area contributed by atoms with Gasteiger partial charge in [0, 0.05) is 56.5 Å². The van der Waals surface area contributed by atoms with Gasteiger partial charge in [0.1, 0.15) is 10.9 Å². The van der Waals surface area contributed by atoms with Gasteiger partial charge in [0.15, 0.2) is 5.69 Å². The minimum Gasteiger partial charge on any atom is -0.333 e. The van der Waals surface area contributed by atoms with Crippen molar-refractivity contribution in [3.05, 3.63) is 75.3 Å². The molecule has 0 radical (unpaired) electrons. The van der Waals surface area contributed by atoms with Gasteiger partial charge in [-0.1, -0.05) is 30.3 Å². The molecule has 36 heavy (non-hydrogen) atoms. The van der Waals surface area contributed by atoms with Crippen molar-refractivity contribution in [2.45, 2.75) is 32.1 Å². The number of alkyl halides is 3. The van der Waals surface area contributed by atoms with Gasteiger partial charge in [-0.3, -0.25) is 9.48 Å². The Kier molecular flexibility index (Phi) is 5.37. The first-order valence-corrected chi connectivity index (χ1v) is 11.9. The van der Waals surface area contributed by atoms with Crippen LogP contribution in [0.25, 0.3) is 11.1 Å². The quantitative estimate of drug-likeness (QED) is 0.425. The van der Waals surface area contributed by atoms with Gasteiger partial charge in [-0.25, -0.2) is 0 Å². The summed E-state index contributed by atoms with van der Waals surface area (Å²) in [5.74, 6) is -1.13. The highest BCUT2D eigenvalue weighted by Gasteiger charge is 2.39. The molecular formula is C26H26F3N5OS. The van der Waals surface area contributed by atoms with E-state index in [2.05, 4.69) is 11.2 Å². The first kappa shape index (κ1) is 18.8. The lowest BCUT2D eigenvalue weighted by Crippen LogP contribution is -2.37. The molecule has 0 saturated heterocycles. The number of fused-ring (bicyclic) bond motifs is 1. The molecule has 188 valence electrons. The minimum absolute atomic E-state index is 0.0559. The largest absolute Gasteiger partial charge is 0.435 e. The van der Waals surface area contributed by atoms with Crippen molar-refractivity contribution >= 4 is 17.2 Å². The average molecular weight is 520 g/mol. The van der Waals surface area contributed by atoms with Gasteiger partial charge < -0.3 is 9.80 Å². The summed E-state index contributed by atoms with van der Waals surface area (Å²) in [5, 5.41) is 13.3. The highest BCUT2D eigenvalue weighted by molar-refractivity contribution is 7.12. The van der Waals surface area contributed by atoms with Crippen molar-refractivity contribution in [1.29, 1.82) is 5.26 Å². The second-order valence-electron chi connectivity index (χ2n) is 8.22. The number of carbonyl (C=O) groups is 1. The molecule has 3 aromatic rings. The number of halogens is 3. The first-order valence-electron chi connectivity index (χ1n) is 14.0. The first-order chi connectivity index (χ1) is 19.5. The van der Waals surface area contributed by atoms with Gasteiger partial charge in [-0.2, -0.15) is 23.5 Å². The van der Waals surface area contributed by atoms with Crippen molar-refractivity contribution in [3.63, 3.8) is 0 Å². The summed E-state index contributed by atoms with van der Waals surface area (Å²) in [4.78, 5) is 16.1. The number of hydrogen-bond donors (Lipinski definition) is 0. The minimum atomic E-state index is -4.71. The van der Waals surface area contributed by atoms with Crippen LogP contribution in [-0.4, -0.2) is 52.5 Å². The molecule has 2 aromatic heterocycles. The van der Waals surface area contributed by atoms with Crippen LogP contribution >= 0.6 is 11.3 Å². The predicted molar refractivity (Wildman–Crippen MR) is 132 cm³/mol. The molecule has 4 rings (SSSR count). The number of hydrogen-bond acceptors (Lipinski definition) is 5. The van der Waals surface area contributed by atoms with Crippen LogP contribution in [0.4, 0.5) is 13.2 Å². The normalized spacial score (nSPS) is 19.1. The van der Waals surface area contributed by atoms with Gasteiger partial charge in [-0.05, 0) is 43.6 Å². The number of benzene rings is 1. The third-order valence-corrected chi connectivity index (χ3v) is 6.95. The zero-order chi connectivity index (χ0) is 31.0. The molecule has 0 fully saturated rings. The van der Waals surface area contributed by atoms with E-state index in [1.165, 1.54) is 27.1 Å². The Labute approximate surface area is 220 Å². The number of rotatable bonds is 6. The fourth-order valence-corrected chi connectivity index (χ4v) is 5.34. The smallest absolute Gasteiger partial charge is 0.333 e. The summed E-state index contributed by atoms with van der Waals surface area (Å²) in [5.41, 5.74) is 0.403. The molecular weight excluding hydrogens is 487 g/mol. The Morgan fingerprint density at radius 3 is 2.81 bits per heavy atom.